The Morgan fingerprint density at radius 1 is 1.40 bits per heavy atom. The number of alkyl halides is 3. The number of esters is 1. The molecule has 82 valence electrons. The third-order valence-electron chi connectivity index (χ3n) is 1.63. The Morgan fingerprint density at radius 2 is 2.00 bits per heavy atom. The van der Waals surface area contributed by atoms with E-state index in [9.17, 15) is 18.0 Å². The Morgan fingerprint density at radius 3 is 2.47 bits per heavy atom. The molecule has 0 atom stereocenters. The van der Waals surface area contributed by atoms with Crippen molar-refractivity contribution < 1.29 is 22.7 Å². The maximum atomic E-state index is 12.3. The van der Waals surface area contributed by atoms with E-state index in [1.54, 1.807) is 0 Å². The molecule has 0 heterocycles. The van der Waals surface area contributed by atoms with E-state index >= 15 is 0 Å². The highest BCUT2D eigenvalue weighted by Crippen LogP contribution is 2.37. The molecule has 0 saturated carbocycles. The minimum absolute atomic E-state index is 0.280. The van der Waals surface area contributed by atoms with Crippen molar-refractivity contribution in [3.63, 3.8) is 0 Å². The Bertz CT molecular complexity index is 387. The van der Waals surface area contributed by atoms with Gasteiger partial charge < -0.3 is 10.5 Å². The summed E-state index contributed by atoms with van der Waals surface area (Å²) in [5.74, 6) is -1.00. The van der Waals surface area contributed by atoms with Gasteiger partial charge in [0.1, 0.15) is 0 Å². The van der Waals surface area contributed by atoms with Gasteiger partial charge in [-0.1, -0.05) is 6.07 Å². The monoisotopic (exact) mass is 219 g/mol. The van der Waals surface area contributed by atoms with Gasteiger partial charge >= 0.3 is 12.1 Å². The fourth-order valence-corrected chi connectivity index (χ4v) is 1.04. The minimum atomic E-state index is -4.56. The summed E-state index contributed by atoms with van der Waals surface area (Å²) in [7, 11) is 0. The van der Waals surface area contributed by atoms with E-state index in [1.807, 2.05) is 0 Å². The summed E-state index contributed by atoms with van der Waals surface area (Å²) in [4.78, 5) is 10.6. The van der Waals surface area contributed by atoms with Crippen LogP contribution in [0.3, 0.4) is 0 Å². The van der Waals surface area contributed by atoms with Gasteiger partial charge in [-0.2, -0.15) is 13.2 Å². The summed E-state index contributed by atoms with van der Waals surface area (Å²) < 4.78 is 41.6. The number of rotatable bonds is 1. The van der Waals surface area contributed by atoms with Crippen molar-refractivity contribution in [1.82, 2.24) is 0 Å². The molecule has 0 aliphatic heterocycles. The molecule has 0 fully saturated rings. The van der Waals surface area contributed by atoms with E-state index in [1.165, 1.54) is 6.07 Å². The average Bonchev–Trinajstić information content (AvgIpc) is 2.05. The maximum Gasteiger partial charge on any atom is 0.418 e. The van der Waals surface area contributed by atoms with E-state index in [-0.39, 0.29) is 5.75 Å². The fraction of sp³-hybridized carbons (Fsp3) is 0.222. The van der Waals surface area contributed by atoms with E-state index < -0.39 is 23.4 Å². The number of hydrogen-bond acceptors (Lipinski definition) is 3. The predicted octanol–water partition coefficient (Wildman–Crippen LogP) is 2.21. The molecule has 0 aromatic heterocycles. The first kappa shape index (κ1) is 11.4. The minimum Gasteiger partial charge on any atom is -0.424 e. The van der Waals surface area contributed by atoms with Gasteiger partial charge in [0.15, 0.2) is 5.75 Å². The molecule has 0 bridgehead atoms. The molecular weight excluding hydrogens is 211 g/mol. The number of carbonyl (C=O) groups is 1. The van der Waals surface area contributed by atoms with Gasteiger partial charge in [0.2, 0.25) is 0 Å². The van der Waals surface area contributed by atoms with E-state index in [4.69, 9.17) is 5.73 Å². The summed E-state index contributed by atoms with van der Waals surface area (Å²) >= 11 is 0. The third-order valence-corrected chi connectivity index (χ3v) is 1.63. The molecule has 1 aromatic rings. The van der Waals surface area contributed by atoms with Crippen LogP contribution < -0.4 is 10.5 Å². The second-order valence-corrected chi connectivity index (χ2v) is 2.81. The van der Waals surface area contributed by atoms with Gasteiger partial charge in [0.25, 0.3) is 0 Å². The first-order chi connectivity index (χ1) is 6.82. The van der Waals surface area contributed by atoms with Crippen LogP contribution >= 0.6 is 0 Å². The highest BCUT2D eigenvalue weighted by molar-refractivity contribution is 5.73. The van der Waals surface area contributed by atoms with Crippen LogP contribution in [0, 0.1) is 0 Å². The highest BCUT2D eigenvalue weighted by atomic mass is 19.4. The lowest BCUT2D eigenvalue weighted by molar-refractivity contribution is -0.137. The van der Waals surface area contributed by atoms with Crippen LogP contribution in [0.15, 0.2) is 18.2 Å². The Hall–Kier alpha value is -1.72. The number of carbonyl (C=O) groups excluding carboxylic acids is 1. The highest BCUT2D eigenvalue weighted by Gasteiger charge is 2.34. The zero-order valence-corrected chi connectivity index (χ0v) is 7.76. The molecule has 0 unspecified atom stereocenters. The van der Waals surface area contributed by atoms with Crippen LogP contribution in [-0.2, 0) is 11.0 Å². The standard InChI is InChI=1S/C9H8F3NO2/c1-5(14)15-7-4-2-3-6(8(7)13)9(10,11)12/h2-4H,13H2,1H3. The van der Waals surface area contributed by atoms with Crippen molar-refractivity contribution in [3.05, 3.63) is 23.8 Å². The largest absolute Gasteiger partial charge is 0.424 e. The van der Waals surface area contributed by atoms with Crippen LogP contribution in [0.2, 0.25) is 0 Å². The van der Waals surface area contributed by atoms with Crippen molar-refractivity contribution in [3.8, 4) is 5.75 Å². The van der Waals surface area contributed by atoms with Gasteiger partial charge in [-0.05, 0) is 12.1 Å². The quantitative estimate of drug-likeness (QED) is 0.447. The first-order valence-corrected chi connectivity index (χ1v) is 3.96. The lowest BCUT2D eigenvalue weighted by Crippen LogP contribution is -2.11. The van der Waals surface area contributed by atoms with Crippen molar-refractivity contribution in [2.45, 2.75) is 13.1 Å². The maximum absolute atomic E-state index is 12.3. The normalized spacial score (nSPS) is 11.2. The Balaban J connectivity index is 3.17. The average molecular weight is 219 g/mol. The third kappa shape index (κ3) is 2.61. The molecular formula is C9H8F3NO2. The van der Waals surface area contributed by atoms with Crippen LogP contribution in [0.5, 0.6) is 5.75 Å². The van der Waals surface area contributed by atoms with Crippen LogP contribution in [0.4, 0.5) is 18.9 Å². The molecule has 6 heteroatoms. The number of hydrogen-bond donors (Lipinski definition) is 1. The molecule has 3 nitrogen and oxygen atoms in total. The first-order valence-electron chi connectivity index (χ1n) is 3.96. The number of anilines is 1. The van der Waals surface area contributed by atoms with Gasteiger partial charge in [0, 0.05) is 6.92 Å². The molecule has 2 N–H and O–H groups in total. The van der Waals surface area contributed by atoms with Gasteiger partial charge in [-0.15, -0.1) is 0 Å². The van der Waals surface area contributed by atoms with Crippen LogP contribution in [0.1, 0.15) is 12.5 Å². The molecule has 0 aliphatic carbocycles. The van der Waals surface area contributed by atoms with Crippen LogP contribution in [0.25, 0.3) is 0 Å². The summed E-state index contributed by atoms with van der Waals surface area (Å²) in [6, 6.07) is 3.14. The molecule has 0 spiro atoms. The summed E-state index contributed by atoms with van der Waals surface area (Å²) in [5.41, 5.74) is 3.62. The predicted molar refractivity (Wildman–Crippen MR) is 47.2 cm³/mol. The summed E-state index contributed by atoms with van der Waals surface area (Å²) in [6.45, 7) is 1.08. The van der Waals surface area contributed by atoms with Crippen LogP contribution in [-0.4, -0.2) is 5.97 Å². The molecule has 0 aliphatic rings. The van der Waals surface area contributed by atoms with Crippen molar-refractivity contribution in [2.75, 3.05) is 5.73 Å². The molecule has 0 saturated heterocycles. The number of nitrogens with two attached hydrogens (primary N) is 1. The van der Waals surface area contributed by atoms with E-state index in [2.05, 4.69) is 4.74 Å². The number of halogens is 3. The number of para-hydroxylation sites is 1. The molecule has 0 amide bonds. The Kier molecular flexibility index (Phi) is 2.88. The smallest absolute Gasteiger partial charge is 0.418 e. The van der Waals surface area contributed by atoms with Crippen molar-refractivity contribution in [2.24, 2.45) is 0 Å². The lowest BCUT2D eigenvalue weighted by atomic mass is 10.1. The molecule has 0 radical (unpaired) electrons. The molecule has 1 rings (SSSR count). The number of benzene rings is 1. The lowest BCUT2D eigenvalue weighted by Gasteiger charge is -2.12. The number of ether oxygens (including phenoxy) is 1. The fourth-order valence-electron chi connectivity index (χ4n) is 1.04. The topological polar surface area (TPSA) is 52.3 Å². The van der Waals surface area contributed by atoms with Crippen molar-refractivity contribution in [1.29, 1.82) is 0 Å². The second kappa shape index (κ2) is 3.80. The number of nitrogen functional groups attached to an aromatic ring is 1. The van der Waals surface area contributed by atoms with E-state index in [0.717, 1.165) is 19.1 Å². The Labute approximate surface area is 83.6 Å². The zero-order valence-electron chi connectivity index (χ0n) is 7.76. The van der Waals surface area contributed by atoms with Gasteiger partial charge in [-0.3, -0.25) is 4.79 Å². The molecule has 1 aromatic carbocycles. The summed E-state index contributed by atoms with van der Waals surface area (Å²) in [5, 5.41) is 0. The summed E-state index contributed by atoms with van der Waals surface area (Å²) in [6.07, 6.45) is -4.56. The SMILES string of the molecule is CC(=O)Oc1cccc(C(F)(F)F)c1N. The second-order valence-electron chi connectivity index (χ2n) is 2.81. The van der Waals surface area contributed by atoms with Gasteiger partial charge in [-0.25, -0.2) is 0 Å². The zero-order chi connectivity index (χ0) is 11.6. The van der Waals surface area contributed by atoms with E-state index in [0.29, 0.717) is 0 Å². The molecule has 15 heavy (non-hydrogen) atoms. The van der Waals surface area contributed by atoms with Gasteiger partial charge in [0.05, 0.1) is 11.3 Å². The van der Waals surface area contributed by atoms with Crippen molar-refractivity contribution >= 4 is 11.7 Å².